The van der Waals surface area contributed by atoms with Gasteiger partial charge in [0.2, 0.25) is 5.91 Å². The van der Waals surface area contributed by atoms with Gasteiger partial charge in [-0.2, -0.15) is 0 Å². The fourth-order valence-electron chi connectivity index (χ4n) is 2.60. The van der Waals surface area contributed by atoms with Crippen LogP contribution in [-0.2, 0) is 4.79 Å². The molecule has 0 saturated heterocycles. The van der Waals surface area contributed by atoms with Gasteiger partial charge in [-0.25, -0.2) is 0 Å². The van der Waals surface area contributed by atoms with Crippen LogP contribution in [0.4, 0.5) is 11.4 Å². The molecule has 0 aromatic heterocycles. The molecule has 1 aliphatic rings. The van der Waals surface area contributed by atoms with Crippen LogP contribution in [0.1, 0.15) is 25.0 Å². The Labute approximate surface area is 113 Å². The van der Waals surface area contributed by atoms with Crippen LogP contribution in [-0.4, -0.2) is 5.91 Å². The van der Waals surface area contributed by atoms with Gasteiger partial charge >= 0.3 is 0 Å². The van der Waals surface area contributed by atoms with Crippen molar-refractivity contribution in [2.45, 2.75) is 13.8 Å². The van der Waals surface area contributed by atoms with Gasteiger partial charge in [-0.3, -0.25) is 9.69 Å². The zero-order chi connectivity index (χ0) is 13.4. The zero-order valence-electron chi connectivity index (χ0n) is 11.1. The lowest BCUT2D eigenvalue weighted by atomic mass is 10.0. The molecule has 0 atom stereocenters. The number of amides is 1. The highest BCUT2D eigenvalue weighted by Gasteiger charge is 2.22. The summed E-state index contributed by atoms with van der Waals surface area (Å²) >= 11 is 0. The van der Waals surface area contributed by atoms with Gasteiger partial charge in [0.15, 0.2) is 0 Å². The van der Waals surface area contributed by atoms with Gasteiger partial charge < -0.3 is 0 Å². The van der Waals surface area contributed by atoms with E-state index in [1.54, 1.807) is 11.8 Å². The van der Waals surface area contributed by atoms with E-state index in [2.05, 4.69) is 19.1 Å². The number of allylic oxidation sites excluding steroid dienone is 1. The Hall–Kier alpha value is -2.35. The molecule has 3 rings (SSSR count). The molecule has 2 heteroatoms. The Balaban J connectivity index is 2.36. The lowest BCUT2D eigenvalue weighted by Gasteiger charge is -2.23. The maximum Gasteiger partial charge on any atom is 0.228 e. The summed E-state index contributed by atoms with van der Waals surface area (Å²) in [7, 11) is 0. The number of benzene rings is 2. The maximum absolute atomic E-state index is 12.1. The third kappa shape index (κ3) is 1.85. The Morgan fingerprint density at radius 1 is 0.947 bits per heavy atom. The topological polar surface area (TPSA) is 20.3 Å². The van der Waals surface area contributed by atoms with Gasteiger partial charge in [-0.15, -0.1) is 0 Å². The highest BCUT2D eigenvalue weighted by molar-refractivity contribution is 6.07. The second kappa shape index (κ2) is 4.39. The number of anilines is 2. The summed E-state index contributed by atoms with van der Waals surface area (Å²) in [6.45, 7) is 3.69. The van der Waals surface area contributed by atoms with E-state index in [-0.39, 0.29) is 5.91 Å². The van der Waals surface area contributed by atoms with Crippen molar-refractivity contribution in [1.29, 1.82) is 0 Å². The van der Waals surface area contributed by atoms with Crippen LogP contribution >= 0.6 is 0 Å². The summed E-state index contributed by atoms with van der Waals surface area (Å²) < 4.78 is 0. The largest absolute Gasteiger partial charge is 0.280 e. The average Bonchev–Trinajstić information content (AvgIpc) is 2.53. The van der Waals surface area contributed by atoms with E-state index < -0.39 is 0 Å². The van der Waals surface area contributed by atoms with Crippen molar-refractivity contribution < 1.29 is 4.79 Å². The first-order valence-corrected chi connectivity index (χ1v) is 6.36. The van der Waals surface area contributed by atoms with Crippen molar-refractivity contribution in [3.63, 3.8) is 0 Å². The first-order valence-electron chi connectivity index (χ1n) is 6.36. The molecule has 94 valence electrons. The number of fused-ring (bicyclic) bond motifs is 2. The van der Waals surface area contributed by atoms with Crippen LogP contribution in [0.25, 0.3) is 11.6 Å². The molecule has 2 aromatic rings. The number of carbonyl (C=O) groups excluding carboxylic acids is 1. The van der Waals surface area contributed by atoms with E-state index in [9.17, 15) is 4.79 Å². The summed E-state index contributed by atoms with van der Waals surface area (Å²) in [4.78, 5) is 13.9. The maximum atomic E-state index is 12.1. The predicted octanol–water partition coefficient (Wildman–Crippen LogP) is 4.25. The predicted molar refractivity (Wildman–Crippen MR) is 79.2 cm³/mol. The second-order valence-corrected chi connectivity index (χ2v) is 4.76. The smallest absolute Gasteiger partial charge is 0.228 e. The van der Waals surface area contributed by atoms with Gasteiger partial charge in [0, 0.05) is 12.5 Å². The molecule has 0 N–H and O–H groups in total. The van der Waals surface area contributed by atoms with Gasteiger partial charge in [0.05, 0.1) is 11.4 Å². The molecule has 0 bridgehead atoms. The van der Waals surface area contributed by atoms with Gasteiger partial charge in [0.1, 0.15) is 0 Å². The minimum atomic E-state index is 0.0306. The highest BCUT2D eigenvalue weighted by Crippen LogP contribution is 2.39. The van der Waals surface area contributed by atoms with Crippen LogP contribution in [0, 0.1) is 0 Å². The Bertz CT molecular complexity index is 685. The SMILES string of the molecule is CC(=O)N1c2ccccc2C=C(C)c2ccccc21. The van der Waals surface area contributed by atoms with E-state index >= 15 is 0 Å². The first-order chi connectivity index (χ1) is 9.18. The van der Waals surface area contributed by atoms with Crippen molar-refractivity contribution in [2.24, 2.45) is 0 Å². The van der Waals surface area contributed by atoms with E-state index in [4.69, 9.17) is 0 Å². The molecule has 0 radical (unpaired) electrons. The third-order valence-electron chi connectivity index (χ3n) is 3.43. The van der Waals surface area contributed by atoms with Crippen molar-refractivity contribution in [1.82, 2.24) is 0 Å². The lowest BCUT2D eigenvalue weighted by molar-refractivity contribution is -0.115. The number of nitrogens with zero attached hydrogens (tertiary/aromatic N) is 1. The molecular weight excluding hydrogens is 234 g/mol. The Morgan fingerprint density at radius 2 is 1.58 bits per heavy atom. The molecule has 1 aliphatic heterocycles. The number of hydrogen-bond donors (Lipinski definition) is 0. The molecule has 2 aromatic carbocycles. The van der Waals surface area contributed by atoms with Gasteiger partial charge in [-0.1, -0.05) is 36.4 Å². The minimum absolute atomic E-state index is 0.0306. The lowest BCUT2D eigenvalue weighted by Crippen LogP contribution is -2.23. The minimum Gasteiger partial charge on any atom is -0.280 e. The third-order valence-corrected chi connectivity index (χ3v) is 3.43. The average molecular weight is 249 g/mol. The standard InChI is InChI=1S/C17H15NO/c1-12-11-14-7-3-5-9-16(14)18(13(2)19)17-10-6-4-8-15(12)17/h3-11H,1-2H3. The number of hydrogen-bond acceptors (Lipinski definition) is 1. The summed E-state index contributed by atoms with van der Waals surface area (Å²) in [6, 6.07) is 16.0. The number of para-hydroxylation sites is 2. The Morgan fingerprint density at radius 3 is 2.32 bits per heavy atom. The monoisotopic (exact) mass is 249 g/mol. The van der Waals surface area contributed by atoms with Crippen LogP contribution in [0.3, 0.4) is 0 Å². The van der Waals surface area contributed by atoms with Crippen molar-refractivity contribution in [3.8, 4) is 0 Å². The van der Waals surface area contributed by atoms with Crippen molar-refractivity contribution in [2.75, 3.05) is 4.90 Å². The first kappa shape index (κ1) is 11.7. The van der Waals surface area contributed by atoms with E-state index in [1.807, 2.05) is 42.5 Å². The summed E-state index contributed by atoms with van der Waals surface area (Å²) in [5.74, 6) is 0.0306. The van der Waals surface area contributed by atoms with Crippen LogP contribution in [0.2, 0.25) is 0 Å². The molecule has 0 aliphatic carbocycles. The summed E-state index contributed by atoms with van der Waals surface area (Å²) in [5, 5.41) is 0. The van der Waals surface area contributed by atoms with E-state index in [1.165, 1.54) is 5.57 Å². The van der Waals surface area contributed by atoms with E-state index in [0.717, 1.165) is 22.5 Å². The van der Waals surface area contributed by atoms with Crippen LogP contribution in [0.15, 0.2) is 48.5 Å². The fourth-order valence-corrected chi connectivity index (χ4v) is 2.60. The Kier molecular flexibility index (Phi) is 2.71. The van der Waals surface area contributed by atoms with Gasteiger partial charge in [0.25, 0.3) is 0 Å². The highest BCUT2D eigenvalue weighted by atomic mass is 16.2. The van der Waals surface area contributed by atoms with Crippen molar-refractivity contribution in [3.05, 3.63) is 59.7 Å². The molecule has 0 spiro atoms. The second-order valence-electron chi connectivity index (χ2n) is 4.76. The molecule has 0 fully saturated rings. The molecule has 0 unspecified atom stereocenters. The molecule has 19 heavy (non-hydrogen) atoms. The van der Waals surface area contributed by atoms with Crippen molar-refractivity contribution >= 4 is 28.9 Å². The van der Waals surface area contributed by atoms with Crippen LogP contribution < -0.4 is 4.90 Å². The summed E-state index contributed by atoms with van der Waals surface area (Å²) in [6.07, 6.45) is 2.14. The molecule has 2 nitrogen and oxygen atoms in total. The van der Waals surface area contributed by atoms with E-state index in [0.29, 0.717) is 0 Å². The zero-order valence-corrected chi connectivity index (χ0v) is 11.1. The molecule has 1 amide bonds. The normalized spacial score (nSPS) is 13.2. The molecule has 1 heterocycles. The molecular formula is C17H15NO. The van der Waals surface area contributed by atoms with Gasteiger partial charge in [-0.05, 0) is 36.3 Å². The molecule has 0 saturated carbocycles. The fraction of sp³-hybridized carbons (Fsp3) is 0.118. The number of carbonyl (C=O) groups is 1. The van der Waals surface area contributed by atoms with Crippen LogP contribution in [0.5, 0.6) is 0 Å². The quantitative estimate of drug-likeness (QED) is 0.683. The summed E-state index contributed by atoms with van der Waals surface area (Å²) in [5.41, 5.74) is 5.25. The number of rotatable bonds is 0.